The summed E-state index contributed by atoms with van der Waals surface area (Å²) >= 11 is 18.6. The van der Waals surface area contributed by atoms with Gasteiger partial charge < -0.3 is 9.72 Å². The zero-order valence-corrected chi connectivity index (χ0v) is 19.7. The lowest BCUT2D eigenvalue weighted by atomic mass is 9.94. The van der Waals surface area contributed by atoms with Gasteiger partial charge in [0.05, 0.1) is 37.6 Å². The van der Waals surface area contributed by atoms with Gasteiger partial charge in [0.25, 0.3) is 0 Å². The summed E-state index contributed by atoms with van der Waals surface area (Å²) < 4.78 is 20.8. The van der Waals surface area contributed by atoms with Crippen molar-refractivity contribution in [3.8, 4) is 40.2 Å². The highest BCUT2D eigenvalue weighted by molar-refractivity contribution is 6.36. The zero-order chi connectivity index (χ0) is 23.3. The molecule has 1 N–H and O–H groups in total. The summed E-state index contributed by atoms with van der Waals surface area (Å²) in [6, 6.07) is 10.1. The molecule has 0 aliphatic carbocycles. The minimum Gasteiger partial charge on any atom is -0.481 e. The van der Waals surface area contributed by atoms with Crippen molar-refractivity contribution in [3.05, 3.63) is 86.5 Å². The maximum atomic E-state index is 14.5. The maximum Gasteiger partial charge on any atom is 0.145 e. The van der Waals surface area contributed by atoms with Crippen LogP contribution >= 0.6 is 34.8 Å². The molecule has 4 nitrogen and oxygen atoms in total. The first-order valence-electron chi connectivity index (χ1n) is 9.94. The quantitative estimate of drug-likeness (QED) is 0.281. The molecule has 1 aliphatic heterocycles. The van der Waals surface area contributed by atoms with Gasteiger partial charge in [-0.05, 0) is 44.2 Å². The monoisotopic (exact) mass is 497 g/mol. The highest BCUT2D eigenvalue weighted by Crippen LogP contribution is 2.45. The largest absolute Gasteiger partial charge is 0.481 e. The van der Waals surface area contributed by atoms with Crippen molar-refractivity contribution >= 4 is 34.8 Å². The van der Waals surface area contributed by atoms with Crippen molar-refractivity contribution in [2.45, 2.75) is 19.4 Å². The van der Waals surface area contributed by atoms with Crippen LogP contribution in [-0.4, -0.2) is 15.0 Å². The Bertz CT molecular complexity index is 1440. The van der Waals surface area contributed by atoms with Crippen LogP contribution in [0, 0.1) is 17.7 Å². The second-order valence-electron chi connectivity index (χ2n) is 7.96. The molecule has 0 unspecified atom stereocenters. The van der Waals surface area contributed by atoms with E-state index in [1.165, 1.54) is 18.5 Å². The molecule has 164 valence electrons. The SMILES string of the molecule is CC1(C)Oc2cc(C#Cc3c(Cl)cncc3Cl)ccc2-c2nc(-c3c(F)cccc3Cl)[nH]c21. The van der Waals surface area contributed by atoms with E-state index in [-0.39, 0.29) is 10.6 Å². The van der Waals surface area contributed by atoms with Crippen LogP contribution in [-0.2, 0) is 5.60 Å². The van der Waals surface area contributed by atoms with Gasteiger partial charge in [0.1, 0.15) is 23.0 Å². The van der Waals surface area contributed by atoms with E-state index >= 15 is 0 Å². The van der Waals surface area contributed by atoms with E-state index in [0.29, 0.717) is 38.4 Å². The molecule has 0 bridgehead atoms. The Morgan fingerprint density at radius 3 is 2.48 bits per heavy atom. The molecule has 0 fully saturated rings. The van der Waals surface area contributed by atoms with Gasteiger partial charge in [-0.2, -0.15) is 0 Å². The number of hydrogen-bond acceptors (Lipinski definition) is 3. The number of nitrogens with zero attached hydrogens (tertiary/aromatic N) is 2. The number of pyridine rings is 1. The van der Waals surface area contributed by atoms with E-state index in [4.69, 9.17) is 39.5 Å². The number of H-pyrrole nitrogens is 1. The predicted octanol–water partition coefficient (Wildman–Crippen LogP) is 7.27. The summed E-state index contributed by atoms with van der Waals surface area (Å²) in [4.78, 5) is 11.8. The summed E-state index contributed by atoms with van der Waals surface area (Å²) in [5, 5.41) is 1.04. The second-order valence-corrected chi connectivity index (χ2v) is 9.18. The Hall–Kier alpha value is -3.04. The fourth-order valence-corrected chi connectivity index (χ4v) is 4.43. The molecule has 2 aromatic heterocycles. The minimum atomic E-state index is -0.741. The standard InChI is InChI=1S/C25H15Cl3FN3O/c1-25(2)23-22(31-24(32-23)21-16(26)4-3-5-19(21)29)15-9-7-13(10-20(15)33-25)6-8-14-17(27)11-30-12-18(14)28/h3-5,7,9-12H,1-2H3,(H,31,32). The number of imidazole rings is 1. The Morgan fingerprint density at radius 1 is 1.00 bits per heavy atom. The van der Waals surface area contributed by atoms with Crippen molar-refractivity contribution in [1.29, 1.82) is 0 Å². The first-order chi connectivity index (χ1) is 15.7. The molecule has 0 amide bonds. The van der Waals surface area contributed by atoms with E-state index in [9.17, 15) is 4.39 Å². The number of hydrogen-bond donors (Lipinski definition) is 1. The molecular weight excluding hydrogens is 484 g/mol. The molecule has 0 spiro atoms. The van der Waals surface area contributed by atoms with Crippen molar-refractivity contribution in [2.75, 3.05) is 0 Å². The topological polar surface area (TPSA) is 50.8 Å². The fourth-order valence-electron chi connectivity index (χ4n) is 3.72. The molecule has 2 aromatic carbocycles. The molecule has 0 saturated heterocycles. The lowest BCUT2D eigenvalue weighted by Crippen LogP contribution is -2.29. The highest BCUT2D eigenvalue weighted by atomic mass is 35.5. The number of nitrogens with one attached hydrogen (secondary N) is 1. The Labute approximate surface area is 204 Å². The third kappa shape index (κ3) is 3.85. The average Bonchev–Trinajstić information content (AvgIpc) is 3.19. The molecule has 0 atom stereocenters. The number of fused-ring (bicyclic) bond motifs is 3. The van der Waals surface area contributed by atoms with Crippen LogP contribution in [0.4, 0.5) is 4.39 Å². The number of ether oxygens (including phenoxy) is 1. The van der Waals surface area contributed by atoms with Gasteiger partial charge in [-0.3, -0.25) is 4.98 Å². The van der Waals surface area contributed by atoms with Gasteiger partial charge in [-0.25, -0.2) is 9.37 Å². The zero-order valence-electron chi connectivity index (χ0n) is 17.4. The van der Waals surface area contributed by atoms with E-state index in [0.717, 1.165) is 11.3 Å². The Balaban J connectivity index is 1.59. The maximum absolute atomic E-state index is 14.5. The van der Waals surface area contributed by atoms with Gasteiger partial charge in [0.15, 0.2) is 0 Å². The molecule has 0 radical (unpaired) electrons. The van der Waals surface area contributed by atoms with Crippen LogP contribution in [0.15, 0.2) is 48.8 Å². The van der Waals surface area contributed by atoms with Crippen LogP contribution in [0.25, 0.3) is 22.6 Å². The number of aromatic nitrogens is 3. The lowest BCUT2D eigenvalue weighted by Gasteiger charge is -2.31. The van der Waals surface area contributed by atoms with Crippen molar-refractivity contribution in [2.24, 2.45) is 0 Å². The first-order valence-corrected chi connectivity index (χ1v) is 11.1. The number of halogens is 4. The Morgan fingerprint density at radius 2 is 1.76 bits per heavy atom. The molecule has 33 heavy (non-hydrogen) atoms. The van der Waals surface area contributed by atoms with Gasteiger partial charge in [0.2, 0.25) is 0 Å². The molecule has 1 aliphatic rings. The minimum absolute atomic E-state index is 0.222. The first kappa shape index (κ1) is 21.8. The molecular formula is C25H15Cl3FN3O. The Kier molecular flexibility index (Phi) is 5.33. The van der Waals surface area contributed by atoms with Crippen molar-refractivity contribution in [1.82, 2.24) is 15.0 Å². The summed E-state index contributed by atoms with van der Waals surface area (Å²) in [5.41, 5.74) is 2.88. The second kappa shape index (κ2) is 8.07. The van der Waals surface area contributed by atoms with E-state index in [1.54, 1.807) is 12.1 Å². The van der Waals surface area contributed by atoms with Crippen LogP contribution in [0.1, 0.15) is 30.7 Å². The smallest absolute Gasteiger partial charge is 0.145 e. The molecule has 3 heterocycles. The van der Waals surface area contributed by atoms with Crippen LogP contribution in [0.5, 0.6) is 5.75 Å². The van der Waals surface area contributed by atoms with E-state index in [1.807, 2.05) is 32.0 Å². The predicted molar refractivity (Wildman–Crippen MR) is 128 cm³/mol. The number of rotatable bonds is 1. The number of benzene rings is 2. The normalized spacial score (nSPS) is 13.4. The van der Waals surface area contributed by atoms with E-state index in [2.05, 4.69) is 26.8 Å². The molecule has 5 rings (SSSR count). The van der Waals surface area contributed by atoms with E-state index < -0.39 is 11.4 Å². The van der Waals surface area contributed by atoms with Gasteiger partial charge in [-0.15, -0.1) is 0 Å². The summed E-state index contributed by atoms with van der Waals surface area (Å²) in [6.07, 6.45) is 2.99. The molecule has 0 saturated carbocycles. The van der Waals surface area contributed by atoms with Crippen molar-refractivity contribution < 1.29 is 9.13 Å². The van der Waals surface area contributed by atoms with Crippen molar-refractivity contribution in [3.63, 3.8) is 0 Å². The summed E-state index contributed by atoms with van der Waals surface area (Å²) in [5.74, 6) is 6.57. The summed E-state index contributed by atoms with van der Waals surface area (Å²) in [7, 11) is 0. The molecule has 8 heteroatoms. The third-order valence-electron chi connectivity index (χ3n) is 5.29. The van der Waals surface area contributed by atoms with Crippen LogP contribution in [0.2, 0.25) is 15.1 Å². The average molecular weight is 499 g/mol. The van der Waals surface area contributed by atoms with Gasteiger partial charge >= 0.3 is 0 Å². The third-order valence-corrected chi connectivity index (χ3v) is 6.18. The van der Waals surface area contributed by atoms with Gasteiger partial charge in [0, 0.05) is 23.5 Å². The fraction of sp³-hybridized carbons (Fsp3) is 0.120. The lowest BCUT2D eigenvalue weighted by molar-refractivity contribution is 0.101. The number of aromatic amines is 1. The van der Waals surface area contributed by atoms with Crippen LogP contribution < -0.4 is 4.74 Å². The summed E-state index contributed by atoms with van der Waals surface area (Å²) in [6.45, 7) is 3.82. The highest BCUT2D eigenvalue weighted by Gasteiger charge is 2.36. The van der Waals surface area contributed by atoms with Crippen LogP contribution in [0.3, 0.4) is 0 Å². The molecule has 4 aromatic rings. The van der Waals surface area contributed by atoms with Gasteiger partial charge in [-0.1, -0.05) is 52.7 Å².